The van der Waals surface area contributed by atoms with E-state index < -0.39 is 0 Å². The average Bonchev–Trinajstić information content (AvgIpc) is 2.88. The lowest BCUT2D eigenvalue weighted by Crippen LogP contribution is -2.18. The van der Waals surface area contributed by atoms with Crippen molar-refractivity contribution in [1.82, 2.24) is 5.32 Å². The summed E-state index contributed by atoms with van der Waals surface area (Å²) >= 11 is 12.2. The van der Waals surface area contributed by atoms with Crippen LogP contribution in [0, 0.1) is 0 Å². The number of hydrogen-bond acceptors (Lipinski definition) is 2. The SMILES string of the molecule is CC(NCc1coc2ccccc12)c1ccc(Cl)cc1Cl. The third kappa shape index (κ3) is 3.08. The van der Waals surface area contributed by atoms with E-state index >= 15 is 0 Å². The molecule has 4 heteroatoms. The fourth-order valence-corrected chi connectivity index (χ4v) is 2.97. The van der Waals surface area contributed by atoms with Crippen molar-refractivity contribution in [1.29, 1.82) is 0 Å². The molecule has 108 valence electrons. The van der Waals surface area contributed by atoms with Crippen molar-refractivity contribution in [2.45, 2.75) is 19.5 Å². The Hall–Kier alpha value is -1.48. The van der Waals surface area contributed by atoms with Crippen LogP contribution in [0.4, 0.5) is 0 Å². The Morgan fingerprint density at radius 3 is 2.76 bits per heavy atom. The largest absolute Gasteiger partial charge is 0.464 e. The lowest BCUT2D eigenvalue weighted by atomic mass is 10.1. The minimum atomic E-state index is 0.128. The summed E-state index contributed by atoms with van der Waals surface area (Å²) in [6.45, 7) is 2.80. The van der Waals surface area contributed by atoms with Crippen molar-refractivity contribution in [3.05, 3.63) is 69.9 Å². The quantitative estimate of drug-likeness (QED) is 0.678. The molecule has 3 rings (SSSR count). The second kappa shape index (κ2) is 6.10. The van der Waals surface area contributed by atoms with Gasteiger partial charge in [0.1, 0.15) is 5.58 Å². The molecule has 0 aliphatic rings. The van der Waals surface area contributed by atoms with Crippen molar-refractivity contribution in [2.24, 2.45) is 0 Å². The Balaban J connectivity index is 1.75. The zero-order valence-electron chi connectivity index (χ0n) is 11.6. The molecule has 1 unspecified atom stereocenters. The van der Waals surface area contributed by atoms with Gasteiger partial charge in [0.15, 0.2) is 0 Å². The van der Waals surface area contributed by atoms with Gasteiger partial charge in [-0.1, -0.05) is 47.5 Å². The lowest BCUT2D eigenvalue weighted by Gasteiger charge is -2.15. The van der Waals surface area contributed by atoms with Gasteiger partial charge in [-0.2, -0.15) is 0 Å². The van der Waals surface area contributed by atoms with Crippen molar-refractivity contribution in [2.75, 3.05) is 0 Å². The van der Waals surface area contributed by atoms with E-state index in [1.54, 1.807) is 12.3 Å². The maximum absolute atomic E-state index is 6.24. The number of nitrogens with one attached hydrogen (secondary N) is 1. The number of para-hydroxylation sites is 1. The summed E-state index contributed by atoms with van der Waals surface area (Å²) in [4.78, 5) is 0. The summed E-state index contributed by atoms with van der Waals surface area (Å²) in [5.41, 5.74) is 3.09. The van der Waals surface area contributed by atoms with Crippen LogP contribution in [0.25, 0.3) is 11.0 Å². The monoisotopic (exact) mass is 319 g/mol. The minimum Gasteiger partial charge on any atom is -0.464 e. The Morgan fingerprint density at radius 1 is 1.14 bits per heavy atom. The first-order chi connectivity index (χ1) is 10.1. The standard InChI is InChI=1S/C17H15Cl2NO/c1-11(14-7-6-13(18)8-16(14)19)20-9-12-10-21-17-5-3-2-4-15(12)17/h2-8,10-11,20H,9H2,1H3. The van der Waals surface area contributed by atoms with Crippen molar-refractivity contribution in [3.63, 3.8) is 0 Å². The van der Waals surface area contributed by atoms with Crippen LogP contribution in [-0.4, -0.2) is 0 Å². The molecule has 0 amide bonds. The Kier molecular flexibility index (Phi) is 4.20. The molecular weight excluding hydrogens is 305 g/mol. The highest BCUT2D eigenvalue weighted by Crippen LogP contribution is 2.27. The first kappa shape index (κ1) is 14.5. The van der Waals surface area contributed by atoms with Crippen LogP contribution in [0.5, 0.6) is 0 Å². The maximum atomic E-state index is 6.24. The highest BCUT2D eigenvalue weighted by atomic mass is 35.5. The summed E-state index contributed by atoms with van der Waals surface area (Å²) in [7, 11) is 0. The van der Waals surface area contributed by atoms with Crippen LogP contribution < -0.4 is 5.32 Å². The number of hydrogen-bond donors (Lipinski definition) is 1. The van der Waals surface area contributed by atoms with Gasteiger partial charge in [0.05, 0.1) is 6.26 Å². The van der Waals surface area contributed by atoms with Gasteiger partial charge in [0, 0.05) is 33.6 Å². The molecule has 2 aromatic carbocycles. The molecule has 0 spiro atoms. The predicted octanol–water partition coefficient (Wildman–Crippen LogP) is 5.59. The molecule has 21 heavy (non-hydrogen) atoms. The highest BCUT2D eigenvalue weighted by Gasteiger charge is 2.11. The fourth-order valence-electron chi connectivity index (χ4n) is 2.40. The van der Waals surface area contributed by atoms with E-state index in [2.05, 4.69) is 18.3 Å². The van der Waals surface area contributed by atoms with Gasteiger partial charge in [-0.25, -0.2) is 0 Å². The van der Waals surface area contributed by atoms with E-state index in [-0.39, 0.29) is 6.04 Å². The van der Waals surface area contributed by atoms with Gasteiger partial charge < -0.3 is 9.73 Å². The van der Waals surface area contributed by atoms with Crippen LogP contribution in [0.1, 0.15) is 24.1 Å². The zero-order valence-corrected chi connectivity index (χ0v) is 13.1. The molecule has 1 N–H and O–H groups in total. The molecule has 1 heterocycles. The predicted molar refractivity (Wildman–Crippen MR) is 87.9 cm³/mol. The van der Waals surface area contributed by atoms with Gasteiger partial charge in [0.25, 0.3) is 0 Å². The van der Waals surface area contributed by atoms with Gasteiger partial charge in [-0.3, -0.25) is 0 Å². The van der Waals surface area contributed by atoms with E-state index in [1.807, 2.05) is 30.3 Å². The van der Waals surface area contributed by atoms with Crippen molar-refractivity contribution in [3.8, 4) is 0 Å². The molecule has 0 bridgehead atoms. The van der Waals surface area contributed by atoms with E-state index in [0.717, 1.165) is 28.6 Å². The molecule has 1 aromatic heterocycles. The first-order valence-corrected chi connectivity index (χ1v) is 7.54. The van der Waals surface area contributed by atoms with E-state index in [0.29, 0.717) is 10.0 Å². The van der Waals surface area contributed by atoms with Crippen LogP contribution in [0.15, 0.2) is 53.1 Å². The topological polar surface area (TPSA) is 25.2 Å². The molecule has 0 saturated carbocycles. The van der Waals surface area contributed by atoms with Crippen LogP contribution in [0.3, 0.4) is 0 Å². The minimum absolute atomic E-state index is 0.128. The molecular formula is C17H15Cl2NO. The number of fused-ring (bicyclic) bond motifs is 1. The number of furan rings is 1. The number of benzene rings is 2. The van der Waals surface area contributed by atoms with Gasteiger partial charge in [0.2, 0.25) is 0 Å². The smallest absolute Gasteiger partial charge is 0.134 e. The highest BCUT2D eigenvalue weighted by molar-refractivity contribution is 6.35. The lowest BCUT2D eigenvalue weighted by molar-refractivity contribution is 0.562. The van der Waals surface area contributed by atoms with E-state index in [4.69, 9.17) is 27.6 Å². The Morgan fingerprint density at radius 2 is 1.95 bits per heavy atom. The maximum Gasteiger partial charge on any atom is 0.134 e. The molecule has 0 aliphatic heterocycles. The Bertz CT molecular complexity index is 766. The van der Waals surface area contributed by atoms with Gasteiger partial charge in [-0.05, 0) is 30.7 Å². The average molecular weight is 320 g/mol. The molecule has 0 radical (unpaired) electrons. The fraction of sp³-hybridized carbons (Fsp3) is 0.176. The van der Waals surface area contributed by atoms with Crippen LogP contribution in [-0.2, 0) is 6.54 Å². The summed E-state index contributed by atoms with van der Waals surface area (Å²) in [5, 5.41) is 5.93. The molecule has 0 saturated heterocycles. The summed E-state index contributed by atoms with van der Waals surface area (Å²) in [6.07, 6.45) is 1.80. The molecule has 0 fully saturated rings. The second-order valence-corrected chi connectivity index (χ2v) is 5.87. The molecule has 1 atom stereocenters. The van der Waals surface area contributed by atoms with Crippen LogP contribution >= 0.6 is 23.2 Å². The molecule has 0 aliphatic carbocycles. The summed E-state index contributed by atoms with van der Waals surface area (Å²) < 4.78 is 5.54. The third-order valence-corrected chi connectivity index (χ3v) is 4.15. The summed E-state index contributed by atoms with van der Waals surface area (Å²) in [5.74, 6) is 0. The van der Waals surface area contributed by atoms with E-state index in [1.165, 1.54) is 0 Å². The first-order valence-electron chi connectivity index (χ1n) is 6.78. The van der Waals surface area contributed by atoms with Crippen molar-refractivity contribution >= 4 is 34.2 Å². The number of halogens is 2. The van der Waals surface area contributed by atoms with Gasteiger partial charge >= 0.3 is 0 Å². The third-order valence-electron chi connectivity index (χ3n) is 3.59. The number of rotatable bonds is 4. The normalized spacial score (nSPS) is 12.7. The second-order valence-electron chi connectivity index (χ2n) is 5.03. The van der Waals surface area contributed by atoms with Gasteiger partial charge in [-0.15, -0.1) is 0 Å². The summed E-state index contributed by atoms with van der Waals surface area (Å²) in [6, 6.07) is 13.7. The Labute approximate surface area is 133 Å². The van der Waals surface area contributed by atoms with Crippen molar-refractivity contribution < 1.29 is 4.42 Å². The molecule has 3 aromatic rings. The van der Waals surface area contributed by atoms with Crippen LogP contribution in [0.2, 0.25) is 10.0 Å². The van der Waals surface area contributed by atoms with E-state index in [9.17, 15) is 0 Å². The molecule has 2 nitrogen and oxygen atoms in total. The zero-order chi connectivity index (χ0) is 14.8.